The zero-order valence-corrected chi connectivity index (χ0v) is 13.6. The highest BCUT2D eigenvalue weighted by Crippen LogP contribution is 2.14. The molecule has 0 fully saturated rings. The molecule has 1 amide bonds. The van der Waals surface area contributed by atoms with E-state index in [1.807, 2.05) is 13.8 Å². The average molecular weight is 284 g/mol. The van der Waals surface area contributed by atoms with E-state index in [0.717, 1.165) is 13.0 Å². The summed E-state index contributed by atoms with van der Waals surface area (Å²) >= 11 is 0. The lowest BCUT2D eigenvalue weighted by Crippen LogP contribution is -2.39. The van der Waals surface area contributed by atoms with Crippen LogP contribution in [0.1, 0.15) is 59.3 Å². The number of nitrogens with zero attached hydrogens (tertiary/aromatic N) is 1. The van der Waals surface area contributed by atoms with Crippen molar-refractivity contribution in [3.63, 3.8) is 0 Å². The van der Waals surface area contributed by atoms with Crippen molar-refractivity contribution in [3.8, 4) is 0 Å². The molecular weight excluding hydrogens is 252 g/mol. The summed E-state index contributed by atoms with van der Waals surface area (Å²) < 4.78 is 0. The molecule has 0 heterocycles. The highest BCUT2D eigenvalue weighted by atomic mass is 16.2. The molecule has 0 unspecified atom stereocenters. The Balaban J connectivity index is 3.78. The minimum absolute atomic E-state index is 0.0232. The number of carbonyl (C=O) groups is 1. The van der Waals surface area contributed by atoms with Gasteiger partial charge in [0, 0.05) is 13.6 Å². The topological polar surface area (TPSA) is 79.5 Å². The van der Waals surface area contributed by atoms with Crippen molar-refractivity contribution in [2.75, 3.05) is 20.1 Å². The van der Waals surface area contributed by atoms with Crippen molar-refractivity contribution in [1.29, 1.82) is 0 Å². The van der Waals surface area contributed by atoms with Gasteiger partial charge in [0.25, 0.3) is 0 Å². The fourth-order valence-electron chi connectivity index (χ4n) is 1.87. The molecule has 4 N–H and O–H groups in total. The van der Waals surface area contributed by atoms with Crippen LogP contribution in [0.15, 0.2) is 4.99 Å². The Morgan fingerprint density at radius 1 is 1.15 bits per heavy atom. The first-order valence-corrected chi connectivity index (χ1v) is 7.70. The van der Waals surface area contributed by atoms with Gasteiger partial charge in [0.05, 0.1) is 12.0 Å². The van der Waals surface area contributed by atoms with Crippen molar-refractivity contribution in [2.45, 2.75) is 59.3 Å². The van der Waals surface area contributed by atoms with Gasteiger partial charge >= 0.3 is 0 Å². The first-order chi connectivity index (χ1) is 9.44. The first kappa shape index (κ1) is 18.7. The maximum Gasteiger partial charge on any atom is 0.227 e. The quantitative estimate of drug-likeness (QED) is 0.326. The number of unbranched alkanes of at least 4 members (excludes halogenated alkanes) is 5. The Labute approximate surface area is 123 Å². The number of hydrogen-bond donors (Lipinski definition) is 3. The van der Waals surface area contributed by atoms with Gasteiger partial charge < -0.3 is 16.4 Å². The van der Waals surface area contributed by atoms with Gasteiger partial charge in [-0.05, 0) is 20.3 Å². The predicted molar refractivity (Wildman–Crippen MR) is 85.7 cm³/mol. The standard InChI is InChI=1S/C15H32N4O/c1-5-6-7-8-9-10-11-18-14(16)19-12-15(2,3)13(20)17-4/h5-12H2,1-4H3,(H,17,20)(H3,16,18,19). The molecule has 0 atom stereocenters. The molecular formula is C15H32N4O. The Hall–Kier alpha value is -1.26. The summed E-state index contributed by atoms with van der Waals surface area (Å²) in [5.74, 6) is 0.403. The number of nitrogens with one attached hydrogen (secondary N) is 2. The van der Waals surface area contributed by atoms with Crippen molar-refractivity contribution < 1.29 is 4.79 Å². The van der Waals surface area contributed by atoms with Gasteiger partial charge in [-0.25, -0.2) is 0 Å². The molecule has 5 nitrogen and oxygen atoms in total. The van der Waals surface area contributed by atoms with Crippen LogP contribution in [0.25, 0.3) is 0 Å². The van der Waals surface area contributed by atoms with Gasteiger partial charge in [-0.3, -0.25) is 9.79 Å². The lowest BCUT2D eigenvalue weighted by atomic mass is 9.93. The fourth-order valence-corrected chi connectivity index (χ4v) is 1.87. The van der Waals surface area contributed by atoms with E-state index in [9.17, 15) is 4.79 Å². The molecule has 0 aromatic rings. The smallest absolute Gasteiger partial charge is 0.227 e. The van der Waals surface area contributed by atoms with Crippen LogP contribution in [0.4, 0.5) is 0 Å². The second-order valence-corrected chi connectivity index (χ2v) is 5.86. The Morgan fingerprint density at radius 3 is 2.35 bits per heavy atom. The van der Waals surface area contributed by atoms with Crippen molar-refractivity contribution in [1.82, 2.24) is 10.6 Å². The van der Waals surface area contributed by atoms with E-state index in [0.29, 0.717) is 12.5 Å². The van der Waals surface area contributed by atoms with Gasteiger partial charge in [0.15, 0.2) is 5.96 Å². The number of rotatable bonds is 10. The van der Waals surface area contributed by atoms with E-state index in [1.54, 1.807) is 7.05 Å². The molecule has 0 aliphatic rings. The zero-order chi connectivity index (χ0) is 15.4. The summed E-state index contributed by atoms with van der Waals surface area (Å²) in [5, 5.41) is 5.74. The Bertz CT molecular complexity index is 300. The zero-order valence-electron chi connectivity index (χ0n) is 13.6. The van der Waals surface area contributed by atoms with Crippen molar-refractivity contribution >= 4 is 11.9 Å². The SMILES string of the molecule is CCCCCCCCNC(N)=NCC(C)(C)C(=O)NC. The number of guanidine groups is 1. The molecule has 0 bridgehead atoms. The summed E-state index contributed by atoms with van der Waals surface area (Å²) in [7, 11) is 1.63. The highest BCUT2D eigenvalue weighted by molar-refractivity contribution is 5.83. The largest absolute Gasteiger partial charge is 0.370 e. The van der Waals surface area contributed by atoms with Gasteiger partial charge in [0.1, 0.15) is 0 Å². The van der Waals surface area contributed by atoms with Crippen LogP contribution in [0.2, 0.25) is 0 Å². The van der Waals surface area contributed by atoms with Gasteiger partial charge in [-0.1, -0.05) is 39.0 Å². The molecule has 0 radical (unpaired) electrons. The third-order valence-corrected chi connectivity index (χ3v) is 3.32. The van der Waals surface area contributed by atoms with Crippen molar-refractivity contribution in [2.24, 2.45) is 16.1 Å². The van der Waals surface area contributed by atoms with Gasteiger partial charge in [-0.2, -0.15) is 0 Å². The molecule has 0 aromatic carbocycles. The van der Waals surface area contributed by atoms with E-state index in [-0.39, 0.29) is 5.91 Å². The van der Waals surface area contributed by atoms with Crippen LogP contribution >= 0.6 is 0 Å². The number of amides is 1. The summed E-state index contributed by atoms with van der Waals surface area (Å²) in [6, 6.07) is 0. The highest BCUT2D eigenvalue weighted by Gasteiger charge is 2.26. The molecule has 0 aliphatic carbocycles. The lowest BCUT2D eigenvalue weighted by Gasteiger charge is -2.20. The minimum Gasteiger partial charge on any atom is -0.370 e. The predicted octanol–water partition coefficient (Wildman–Crippen LogP) is 2.02. The van der Waals surface area contributed by atoms with Crippen LogP contribution < -0.4 is 16.4 Å². The fraction of sp³-hybridized carbons (Fsp3) is 0.867. The second-order valence-electron chi connectivity index (χ2n) is 5.86. The lowest BCUT2D eigenvalue weighted by molar-refractivity contribution is -0.128. The third kappa shape index (κ3) is 8.77. The van der Waals surface area contributed by atoms with E-state index in [1.165, 1.54) is 32.1 Å². The van der Waals surface area contributed by atoms with Crippen LogP contribution in [-0.4, -0.2) is 32.0 Å². The Kier molecular flexibility index (Phi) is 9.86. The van der Waals surface area contributed by atoms with E-state index in [4.69, 9.17) is 5.73 Å². The first-order valence-electron chi connectivity index (χ1n) is 7.70. The molecule has 0 saturated heterocycles. The second kappa shape index (κ2) is 10.5. The summed E-state index contributed by atoms with van der Waals surface area (Å²) in [6.07, 6.45) is 7.55. The monoisotopic (exact) mass is 284 g/mol. The van der Waals surface area contributed by atoms with E-state index >= 15 is 0 Å². The molecule has 0 spiro atoms. The summed E-state index contributed by atoms with van der Waals surface area (Å²) in [4.78, 5) is 15.8. The van der Waals surface area contributed by atoms with Crippen LogP contribution in [-0.2, 0) is 4.79 Å². The molecule has 118 valence electrons. The molecule has 0 saturated carbocycles. The van der Waals surface area contributed by atoms with Crippen LogP contribution in [0.5, 0.6) is 0 Å². The Morgan fingerprint density at radius 2 is 1.75 bits per heavy atom. The van der Waals surface area contributed by atoms with Gasteiger partial charge in [-0.15, -0.1) is 0 Å². The average Bonchev–Trinajstić information content (AvgIpc) is 2.43. The number of aliphatic imine (C=N–C) groups is 1. The number of nitrogens with two attached hydrogens (primary N) is 1. The van der Waals surface area contributed by atoms with Crippen molar-refractivity contribution in [3.05, 3.63) is 0 Å². The maximum absolute atomic E-state index is 11.6. The molecule has 20 heavy (non-hydrogen) atoms. The minimum atomic E-state index is -0.527. The molecule has 5 heteroatoms. The van der Waals surface area contributed by atoms with Gasteiger partial charge in [0.2, 0.25) is 5.91 Å². The van der Waals surface area contributed by atoms with Crippen LogP contribution in [0, 0.1) is 5.41 Å². The molecule has 0 aromatic heterocycles. The van der Waals surface area contributed by atoms with Crippen LogP contribution in [0.3, 0.4) is 0 Å². The number of carbonyl (C=O) groups excluding carboxylic acids is 1. The number of hydrogen-bond acceptors (Lipinski definition) is 2. The molecule has 0 aliphatic heterocycles. The third-order valence-electron chi connectivity index (χ3n) is 3.32. The summed E-state index contributed by atoms with van der Waals surface area (Å²) in [6.45, 7) is 7.18. The normalized spacial score (nSPS) is 12.3. The van der Waals surface area contributed by atoms with E-state index in [2.05, 4.69) is 22.5 Å². The molecule has 0 rings (SSSR count). The van der Waals surface area contributed by atoms with E-state index < -0.39 is 5.41 Å². The maximum atomic E-state index is 11.6. The summed E-state index contributed by atoms with van der Waals surface area (Å²) in [5.41, 5.74) is 5.27.